The van der Waals surface area contributed by atoms with Gasteiger partial charge in [-0.25, -0.2) is 0 Å². The van der Waals surface area contributed by atoms with Crippen LogP contribution in [-0.2, 0) is 12.6 Å². The van der Waals surface area contributed by atoms with Crippen LogP contribution >= 0.6 is 11.8 Å². The van der Waals surface area contributed by atoms with Crippen molar-refractivity contribution in [3.05, 3.63) is 53.6 Å². The van der Waals surface area contributed by atoms with Gasteiger partial charge in [-0.15, -0.1) is 0 Å². The molecule has 0 aromatic heterocycles. The molecule has 5 heteroatoms. The number of rotatable bonds is 3. The molecule has 20 heavy (non-hydrogen) atoms. The molecule has 0 amide bonds. The largest absolute Gasteiger partial charge is 0.416 e. The molecule has 2 rings (SSSR count). The van der Waals surface area contributed by atoms with Crippen LogP contribution in [0.4, 0.5) is 18.9 Å². The Morgan fingerprint density at radius 1 is 1.00 bits per heavy atom. The predicted molar refractivity (Wildman–Crippen MR) is 75.8 cm³/mol. The zero-order valence-corrected chi connectivity index (χ0v) is 11.7. The van der Waals surface area contributed by atoms with E-state index in [4.69, 9.17) is 5.73 Å². The first kappa shape index (κ1) is 14.8. The number of nitrogens with two attached hydrogens (primary N) is 1. The SMILES string of the molecule is CCc1ccc(Sc2ccc(N)cc2)cc1C(F)(F)F. The fourth-order valence-corrected chi connectivity index (χ4v) is 2.72. The summed E-state index contributed by atoms with van der Waals surface area (Å²) in [6.07, 6.45) is -3.95. The van der Waals surface area contributed by atoms with Crippen molar-refractivity contribution in [1.29, 1.82) is 0 Å². The van der Waals surface area contributed by atoms with Crippen LogP contribution < -0.4 is 5.73 Å². The van der Waals surface area contributed by atoms with Crippen LogP contribution in [0.3, 0.4) is 0 Å². The van der Waals surface area contributed by atoms with E-state index in [-0.39, 0.29) is 0 Å². The Morgan fingerprint density at radius 2 is 1.60 bits per heavy atom. The van der Waals surface area contributed by atoms with E-state index in [0.29, 0.717) is 22.6 Å². The van der Waals surface area contributed by atoms with E-state index in [1.165, 1.54) is 17.8 Å². The molecule has 0 spiro atoms. The zero-order chi connectivity index (χ0) is 14.8. The first-order chi connectivity index (χ1) is 9.40. The maximum atomic E-state index is 13.0. The normalized spacial score (nSPS) is 11.6. The minimum absolute atomic E-state index is 0.319. The van der Waals surface area contributed by atoms with Crippen molar-refractivity contribution >= 4 is 17.4 Å². The molecule has 0 heterocycles. The van der Waals surface area contributed by atoms with Crippen LogP contribution in [0.1, 0.15) is 18.1 Å². The van der Waals surface area contributed by atoms with Gasteiger partial charge in [0.25, 0.3) is 0 Å². The van der Waals surface area contributed by atoms with Gasteiger partial charge in [-0.05, 0) is 48.4 Å². The summed E-state index contributed by atoms with van der Waals surface area (Å²) in [6, 6.07) is 11.5. The Kier molecular flexibility index (Phi) is 4.28. The number of alkyl halides is 3. The molecule has 0 unspecified atom stereocenters. The van der Waals surface area contributed by atoms with Crippen LogP contribution in [-0.4, -0.2) is 0 Å². The lowest BCUT2D eigenvalue weighted by Gasteiger charge is -2.13. The van der Waals surface area contributed by atoms with Crippen LogP contribution in [0.5, 0.6) is 0 Å². The molecule has 2 aromatic carbocycles. The lowest BCUT2D eigenvalue weighted by atomic mass is 10.1. The smallest absolute Gasteiger partial charge is 0.399 e. The van der Waals surface area contributed by atoms with Crippen LogP contribution in [0.2, 0.25) is 0 Å². The quantitative estimate of drug-likeness (QED) is 0.807. The van der Waals surface area contributed by atoms with Gasteiger partial charge in [0.2, 0.25) is 0 Å². The molecule has 0 bridgehead atoms. The van der Waals surface area contributed by atoms with E-state index >= 15 is 0 Å². The monoisotopic (exact) mass is 297 g/mol. The van der Waals surface area contributed by atoms with E-state index < -0.39 is 11.7 Å². The summed E-state index contributed by atoms with van der Waals surface area (Å²) in [4.78, 5) is 1.43. The van der Waals surface area contributed by atoms with E-state index in [1.807, 2.05) is 0 Å². The van der Waals surface area contributed by atoms with E-state index in [9.17, 15) is 13.2 Å². The molecular formula is C15H14F3NS. The lowest BCUT2D eigenvalue weighted by Crippen LogP contribution is -2.08. The number of anilines is 1. The Balaban J connectivity index is 2.31. The maximum absolute atomic E-state index is 13.0. The fourth-order valence-electron chi connectivity index (χ4n) is 1.86. The van der Waals surface area contributed by atoms with Gasteiger partial charge in [0.05, 0.1) is 5.56 Å². The first-order valence-corrected chi connectivity index (χ1v) is 6.95. The Labute approximate surface area is 120 Å². The highest BCUT2D eigenvalue weighted by Gasteiger charge is 2.33. The second kappa shape index (κ2) is 5.79. The van der Waals surface area contributed by atoms with Gasteiger partial charge in [0.15, 0.2) is 0 Å². The third-order valence-corrected chi connectivity index (χ3v) is 3.88. The van der Waals surface area contributed by atoms with Crippen molar-refractivity contribution in [1.82, 2.24) is 0 Å². The standard InChI is InChI=1S/C15H14F3NS/c1-2-10-3-6-13(9-14(10)15(16,17)18)20-12-7-4-11(19)5-8-12/h3-9H,2,19H2,1H3. The van der Waals surface area contributed by atoms with Gasteiger partial charge < -0.3 is 5.73 Å². The zero-order valence-electron chi connectivity index (χ0n) is 10.9. The van der Waals surface area contributed by atoms with E-state index in [1.54, 1.807) is 43.3 Å². The third-order valence-electron chi connectivity index (χ3n) is 2.88. The van der Waals surface area contributed by atoms with Gasteiger partial charge in [0, 0.05) is 15.5 Å². The highest BCUT2D eigenvalue weighted by molar-refractivity contribution is 7.99. The molecule has 0 aliphatic heterocycles. The molecular weight excluding hydrogens is 283 g/mol. The second-order valence-electron chi connectivity index (χ2n) is 4.34. The number of hydrogen-bond acceptors (Lipinski definition) is 2. The molecule has 0 radical (unpaired) electrons. The summed E-state index contributed by atoms with van der Waals surface area (Å²) in [6.45, 7) is 1.72. The minimum Gasteiger partial charge on any atom is -0.399 e. The molecule has 0 saturated carbocycles. The topological polar surface area (TPSA) is 26.0 Å². The summed E-state index contributed by atoms with van der Waals surface area (Å²) in [5.74, 6) is 0. The molecule has 0 fully saturated rings. The third kappa shape index (κ3) is 3.48. The summed E-state index contributed by atoms with van der Waals surface area (Å²) in [5.41, 5.74) is 5.98. The van der Waals surface area contributed by atoms with Crippen molar-refractivity contribution in [2.24, 2.45) is 0 Å². The highest BCUT2D eigenvalue weighted by Crippen LogP contribution is 2.37. The summed E-state index contributed by atoms with van der Waals surface area (Å²) >= 11 is 1.29. The number of aryl methyl sites for hydroxylation is 1. The molecule has 0 saturated heterocycles. The van der Waals surface area contributed by atoms with Gasteiger partial charge in [-0.2, -0.15) is 13.2 Å². The summed E-state index contributed by atoms with van der Waals surface area (Å²) in [5, 5.41) is 0. The summed E-state index contributed by atoms with van der Waals surface area (Å²) in [7, 11) is 0. The Hall–Kier alpha value is -1.62. The molecule has 2 N–H and O–H groups in total. The van der Waals surface area contributed by atoms with Crippen molar-refractivity contribution in [3.63, 3.8) is 0 Å². The highest BCUT2D eigenvalue weighted by atomic mass is 32.2. The summed E-state index contributed by atoms with van der Waals surface area (Å²) < 4.78 is 38.9. The van der Waals surface area contributed by atoms with Crippen molar-refractivity contribution < 1.29 is 13.2 Å². The van der Waals surface area contributed by atoms with Crippen LogP contribution in [0.15, 0.2) is 52.3 Å². The number of halogens is 3. The van der Waals surface area contributed by atoms with Crippen LogP contribution in [0, 0.1) is 0 Å². The van der Waals surface area contributed by atoms with Gasteiger partial charge in [-0.3, -0.25) is 0 Å². The second-order valence-corrected chi connectivity index (χ2v) is 5.49. The maximum Gasteiger partial charge on any atom is 0.416 e. The number of nitrogen functional groups attached to an aromatic ring is 1. The predicted octanol–water partition coefficient (Wildman–Crippen LogP) is 5.00. The number of hydrogen-bond donors (Lipinski definition) is 1. The molecule has 1 nitrogen and oxygen atoms in total. The first-order valence-electron chi connectivity index (χ1n) is 6.13. The molecule has 0 aliphatic carbocycles. The molecule has 0 atom stereocenters. The lowest BCUT2D eigenvalue weighted by molar-refractivity contribution is -0.138. The van der Waals surface area contributed by atoms with Crippen LogP contribution in [0.25, 0.3) is 0 Å². The van der Waals surface area contributed by atoms with Gasteiger partial charge >= 0.3 is 6.18 Å². The average Bonchev–Trinajstić information content (AvgIpc) is 2.40. The molecule has 0 aliphatic rings. The van der Waals surface area contributed by atoms with E-state index in [0.717, 1.165) is 4.90 Å². The number of benzene rings is 2. The van der Waals surface area contributed by atoms with Crippen molar-refractivity contribution in [3.8, 4) is 0 Å². The molecule has 106 valence electrons. The Morgan fingerprint density at radius 3 is 2.15 bits per heavy atom. The minimum atomic E-state index is -4.32. The average molecular weight is 297 g/mol. The van der Waals surface area contributed by atoms with Crippen molar-refractivity contribution in [2.75, 3.05) is 5.73 Å². The van der Waals surface area contributed by atoms with E-state index in [2.05, 4.69) is 0 Å². The molecule has 2 aromatic rings. The fraction of sp³-hybridized carbons (Fsp3) is 0.200. The van der Waals surface area contributed by atoms with Gasteiger partial charge in [0.1, 0.15) is 0 Å². The van der Waals surface area contributed by atoms with Gasteiger partial charge in [-0.1, -0.05) is 24.8 Å². The van der Waals surface area contributed by atoms with Crippen molar-refractivity contribution in [2.45, 2.75) is 29.3 Å². The Bertz CT molecular complexity index is 591.